The van der Waals surface area contributed by atoms with Crippen LogP contribution < -0.4 is 0 Å². The third kappa shape index (κ3) is 14.7. The van der Waals surface area contributed by atoms with E-state index in [1.54, 1.807) is 0 Å². The highest BCUT2D eigenvalue weighted by molar-refractivity contribution is 7.48. The Morgan fingerprint density at radius 2 is 1.03 bits per heavy atom. The van der Waals surface area contributed by atoms with Crippen LogP contribution in [0.1, 0.15) is 112 Å². The van der Waals surface area contributed by atoms with E-state index < -0.39 is 7.82 Å². The molecule has 0 aromatic rings. The summed E-state index contributed by atoms with van der Waals surface area (Å²) >= 11 is 0. The van der Waals surface area contributed by atoms with E-state index in [1.807, 2.05) is 0 Å². The van der Waals surface area contributed by atoms with Crippen molar-refractivity contribution in [3.05, 3.63) is 0 Å². The predicted octanol–water partition coefficient (Wildman–Crippen LogP) is 7.97. The van der Waals surface area contributed by atoms with Crippen LogP contribution in [0.15, 0.2) is 0 Å². The molecule has 180 valence electrons. The molecule has 0 heterocycles. The zero-order valence-corrected chi connectivity index (χ0v) is 21.3. The first-order chi connectivity index (χ1) is 14.5. The van der Waals surface area contributed by atoms with Gasteiger partial charge < -0.3 is 4.79 Å². The first-order valence-electron chi connectivity index (χ1n) is 12.5. The molecule has 0 radical (unpaired) electrons. The van der Waals surface area contributed by atoms with E-state index in [1.165, 1.54) is 0 Å². The molecular formula is C24H49O5P. The molecule has 0 rings (SSSR count). The first kappa shape index (κ1) is 29.8. The molecular weight excluding hydrogens is 399 g/mol. The lowest BCUT2D eigenvalue weighted by Crippen LogP contribution is -2.16. The van der Waals surface area contributed by atoms with Gasteiger partial charge in [0.05, 0.1) is 19.8 Å². The number of phosphoric ester groups is 1. The molecule has 5 nitrogen and oxygen atoms in total. The van der Waals surface area contributed by atoms with Gasteiger partial charge in [-0.25, -0.2) is 4.57 Å². The van der Waals surface area contributed by atoms with Crippen molar-refractivity contribution in [1.82, 2.24) is 0 Å². The number of unbranched alkanes of at least 4 members (excludes halogenated alkanes) is 3. The molecule has 0 aliphatic carbocycles. The van der Waals surface area contributed by atoms with Crippen LogP contribution in [0.4, 0.5) is 0 Å². The average Bonchev–Trinajstić information content (AvgIpc) is 2.76. The second-order valence-electron chi connectivity index (χ2n) is 8.54. The number of hydrogen-bond acceptors (Lipinski definition) is 5. The Morgan fingerprint density at radius 3 is 1.33 bits per heavy atom. The minimum Gasteiger partial charge on any atom is -0.303 e. The third-order valence-corrected chi connectivity index (χ3v) is 7.40. The summed E-state index contributed by atoms with van der Waals surface area (Å²) in [6, 6.07) is 0. The van der Waals surface area contributed by atoms with E-state index in [2.05, 4.69) is 34.6 Å². The average molecular weight is 449 g/mol. The monoisotopic (exact) mass is 448 g/mol. The zero-order chi connectivity index (χ0) is 22.7. The standard InChI is InChI=1S/C24H49O5P/c1-6-11-15-22(8-3)19-27-30(26,28-20-23(9-4)16-12-7-2)29-21-24(10-5)17-13-14-18-25/h18,22-24H,6-17,19-21H2,1-5H3. The molecule has 6 heteroatoms. The first-order valence-corrected chi connectivity index (χ1v) is 13.9. The maximum atomic E-state index is 13.4. The van der Waals surface area contributed by atoms with E-state index in [-0.39, 0.29) is 5.92 Å². The Bertz CT molecular complexity index is 419. The van der Waals surface area contributed by atoms with Crippen molar-refractivity contribution in [3.63, 3.8) is 0 Å². The van der Waals surface area contributed by atoms with Gasteiger partial charge in [0.2, 0.25) is 0 Å². The molecule has 3 unspecified atom stereocenters. The van der Waals surface area contributed by atoms with Gasteiger partial charge in [0, 0.05) is 6.42 Å². The number of carbonyl (C=O) groups is 1. The van der Waals surface area contributed by atoms with E-state index in [9.17, 15) is 9.36 Å². The van der Waals surface area contributed by atoms with Gasteiger partial charge >= 0.3 is 7.82 Å². The molecule has 0 N–H and O–H groups in total. The van der Waals surface area contributed by atoms with Crippen LogP contribution in [-0.2, 0) is 22.9 Å². The number of hydrogen-bond donors (Lipinski definition) is 0. The fourth-order valence-electron chi connectivity index (χ4n) is 3.39. The molecule has 30 heavy (non-hydrogen) atoms. The summed E-state index contributed by atoms with van der Waals surface area (Å²) in [6.07, 6.45) is 12.9. The van der Waals surface area contributed by atoms with Crippen LogP contribution in [-0.4, -0.2) is 26.1 Å². The van der Waals surface area contributed by atoms with Gasteiger partial charge in [-0.05, 0) is 43.4 Å². The van der Waals surface area contributed by atoms with Crippen molar-refractivity contribution in [3.8, 4) is 0 Å². The van der Waals surface area contributed by atoms with Crippen LogP contribution in [0.3, 0.4) is 0 Å². The quantitative estimate of drug-likeness (QED) is 0.0954. The Hall–Kier alpha value is -0.220. The minimum atomic E-state index is -3.59. The molecule has 0 aliphatic rings. The van der Waals surface area contributed by atoms with Crippen molar-refractivity contribution in [2.45, 2.75) is 112 Å². The normalized spacial score (nSPS) is 16.7. The van der Waals surface area contributed by atoms with Crippen molar-refractivity contribution in [2.75, 3.05) is 19.8 Å². The summed E-state index contributed by atoms with van der Waals surface area (Å²) in [5.74, 6) is 1.01. The maximum Gasteiger partial charge on any atom is 0.474 e. The number of phosphoric acid groups is 1. The summed E-state index contributed by atoms with van der Waals surface area (Å²) < 4.78 is 31.0. The second kappa shape index (κ2) is 19.5. The van der Waals surface area contributed by atoms with Crippen molar-refractivity contribution in [2.24, 2.45) is 17.8 Å². The molecule has 0 saturated carbocycles. The van der Waals surface area contributed by atoms with Gasteiger partial charge in [-0.1, -0.05) is 79.6 Å². The Kier molecular flexibility index (Phi) is 19.3. The summed E-state index contributed by atoms with van der Waals surface area (Å²) in [5, 5.41) is 0. The SMILES string of the molecule is CCCCC(CC)COP(=O)(OCC(CC)CCCC)OCC(CC)CCCC=O. The Morgan fingerprint density at radius 1 is 0.667 bits per heavy atom. The van der Waals surface area contributed by atoms with Crippen LogP contribution in [0.2, 0.25) is 0 Å². The van der Waals surface area contributed by atoms with Crippen molar-refractivity contribution in [1.29, 1.82) is 0 Å². The van der Waals surface area contributed by atoms with E-state index in [0.29, 0.717) is 38.1 Å². The smallest absolute Gasteiger partial charge is 0.303 e. The minimum absolute atomic E-state index is 0.259. The summed E-state index contributed by atoms with van der Waals surface area (Å²) in [5.41, 5.74) is 0. The van der Waals surface area contributed by atoms with E-state index >= 15 is 0 Å². The largest absolute Gasteiger partial charge is 0.474 e. The van der Waals surface area contributed by atoms with Crippen LogP contribution >= 0.6 is 7.82 Å². The maximum absolute atomic E-state index is 13.4. The lowest BCUT2D eigenvalue weighted by atomic mass is 10.0. The molecule has 0 bridgehead atoms. The van der Waals surface area contributed by atoms with Gasteiger partial charge in [0.25, 0.3) is 0 Å². The lowest BCUT2D eigenvalue weighted by Gasteiger charge is -2.25. The highest BCUT2D eigenvalue weighted by Gasteiger charge is 2.30. The van der Waals surface area contributed by atoms with Gasteiger partial charge in [0.1, 0.15) is 6.29 Å². The van der Waals surface area contributed by atoms with Crippen molar-refractivity contribution >= 4 is 14.1 Å². The topological polar surface area (TPSA) is 61.8 Å². The molecule has 0 fully saturated rings. The van der Waals surface area contributed by atoms with Gasteiger partial charge in [0.15, 0.2) is 0 Å². The van der Waals surface area contributed by atoms with E-state index in [0.717, 1.165) is 76.9 Å². The van der Waals surface area contributed by atoms with E-state index in [4.69, 9.17) is 13.6 Å². The summed E-state index contributed by atoms with van der Waals surface area (Å²) in [6.45, 7) is 11.9. The third-order valence-electron chi connectivity index (χ3n) is 6.00. The summed E-state index contributed by atoms with van der Waals surface area (Å²) in [7, 11) is -3.59. The molecule has 0 aromatic heterocycles. The number of aldehydes is 1. The van der Waals surface area contributed by atoms with Crippen LogP contribution in [0.5, 0.6) is 0 Å². The number of carbonyl (C=O) groups excluding carboxylic acids is 1. The van der Waals surface area contributed by atoms with Crippen molar-refractivity contribution < 1.29 is 22.9 Å². The molecule has 0 spiro atoms. The zero-order valence-electron chi connectivity index (χ0n) is 20.4. The van der Waals surface area contributed by atoms with Crippen LogP contribution in [0.25, 0.3) is 0 Å². The van der Waals surface area contributed by atoms with Gasteiger partial charge in [-0.3, -0.25) is 13.6 Å². The van der Waals surface area contributed by atoms with Crippen LogP contribution in [0, 0.1) is 17.8 Å². The highest BCUT2D eigenvalue weighted by atomic mass is 31.2. The van der Waals surface area contributed by atoms with Gasteiger partial charge in [-0.15, -0.1) is 0 Å². The highest BCUT2D eigenvalue weighted by Crippen LogP contribution is 2.51. The fourth-order valence-corrected chi connectivity index (χ4v) is 4.80. The second-order valence-corrected chi connectivity index (χ2v) is 10.2. The number of rotatable bonds is 22. The molecule has 0 aromatic carbocycles. The summed E-state index contributed by atoms with van der Waals surface area (Å²) in [4.78, 5) is 10.6. The Balaban J connectivity index is 4.93. The molecule has 0 amide bonds. The fraction of sp³-hybridized carbons (Fsp3) is 0.958. The predicted molar refractivity (Wildman–Crippen MR) is 126 cm³/mol. The molecule has 3 atom stereocenters. The Labute approximate surface area is 186 Å². The van der Waals surface area contributed by atoms with Gasteiger partial charge in [-0.2, -0.15) is 0 Å². The molecule has 0 aliphatic heterocycles. The lowest BCUT2D eigenvalue weighted by molar-refractivity contribution is -0.108. The molecule has 0 saturated heterocycles.